The van der Waals surface area contributed by atoms with Crippen LogP contribution in [0.4, 0.5) is 0 Å². The van der Waals surface area contributed by atoms with Crippen molar-refractivity contribution in [1.29, 1.82) is 0 Å². The highest BCUT2D eigenvalue weighted by molar-refractivity contribution is 5.99. The molecule has 1 aliphatic carbocycles. The normalized spacial score (nSPS) is 22.2. The fourth-order valence-electron chi connectivity index (χ4n) is 5.02. The molecular formula is C24H27N5O3. The molecule has 0 radical (unpaired) electrons. The van der Waals surface area contributed by atoms with E-state index >= 15 is 0 Å². The van der Waals surface area contributed by atoms with E-state index in [1.54, 1.807) is 29.2 Å². The molecule has 1 aromatic carbocycles. The zero-order chi connectivity index (χ0) is 22.2. The molecule has 2 aliphatic rings. The van der Waals surface area contributed by atoms with E-state index in [4.69, 9.17) is 4.74 Å². The molecule has 3 heterocycles. The molecule has 3 aromatic rings. The standard InChI is InChI=1S/C24H27N5O3/c1-15-5-3-6-20(16(15)2)32-14-21(30)27-22-17-7-8-18(22)13-28(12-17)24(31)19-11-26-29-10-4-9-25-23(19)29/h3-6,9-11,17-18,22H,7-8,12-14H2,1-2H3,(H,27,30)/t17-,18+,22?. The Morgan fingerprint density at radius 1 is 1.16 bits per heavy atom. The van der Waals surface area contributed by atoms with Crippen LogP contribution >= 0.6 is 0 Å². The Morgan fingerprint density at radius 3 is 2.72 bits per heavy atom. The molecule has 8 nitrogen and oxygen atoms in total. The Morgan fingerprint density at radius 2 is 1.94 bits per heavy atom. The number of aryl methyl sites for hydroxylation is 1. The molecule has 1 aliphatic heterocycles. The fraction of sp³-hybridized carbons (Fsp3) is 0.417. The van der Waals surface area contributed by atoms with Crippen LogP contribution in [0.15, 0.2) is 42.9 Å². The van der Waals surface area contributed by atoms with Crippen molar-refractivity contribution in [2.45, 2.75) is 32.7 Å². The van der Waals surface area contributed by atoms with Crippen molar-refractivity contribution in [3.05, 3.63) is 59.5 Å². The summed E-state index contributed by atoms with van der Waals surface area (Å²) in [4.78, 5) is 32.0. The lowest BCUT2D eigenvalue weighted by Crippen LogP contribution is -2.54. The lowest BCUT2D eigenvalue weighted by Gasteiger charge is -2.38. The Kier molecular flexibility index (Phi) is 5.28. The molecular weight excluding hydrogens is 406 g/mol. The molecule has 5 rings (SSSR count). The van der Waals surface area contributed by atoms with Crippen molar-refractivity contribution in [1.82, 2.24) is 24.8 Å². The number of ether oxygens (including phenoxy) is 1. The van der Waals surface area contributed by atoms with Gasteiger partial charge in [-0.15, -0.1) is 0 Å². The van der Waals surface area contributed by atoms with Gasteiger partial charge in [0.15, 0.2) is 12.3 Å². The van der Waals surface area contributed by atoms with Crippen molar-refractivity contribution in [2.75, 3.05) is 19.7 Å². The molecule has 1 unspecified atom stereocenters. The topological polar surface area (TPSA) is 88.8 Å². The Balaban J connectivity index is 1.21. The Bertz CT molecular complexity index is 1160. The number of aromatic nitrogens is 3. The number of rotatable bonds is 5. The van der Waals surface area contributed by atoms with Gasteiger partial charge in [-0.1, -0.05) is 12.1 Å². The van der Waals surface area contributed by atoms with Gasteiger partial charge < -0.3 is 15.0 Å². The molecule has 1 N–H and O–H groups in total. The van der Waals surface area contributed by atoms with E-state index in [0.717, 1.165) is 29.7 Å². The minimum Gasteiger partial charge on any atom is -0.483 e. The molecule has 2 fully saturated rings. The summed E-state index contributed by atoms with van der Waals surface area (Å²) in [6.45, 7) is 5.27. The Hall–Kier alpha value is -3.42. The van der Waals surface area contributed by atoms with E-state index in [1.165, 1.54) is 0 Å². The lowest BCUT2D eigenvalue weighted by molar-refractivity contribution is -0.124. The summed E-state index contributed by atoms with van der Waals surface area (Å²) in [6.07, 6.45) is 7.05. The fourth-order valence-corrected chi connectivity index (χ4v) is 5.02. The van der Waals surface area contributed by atoms with Gasteiger partial charge in [0.25, 0.3) is 11.8 Å². The molecule has 2 amide bonds. The van der Waals surface area contributed by atoms with E-state index in [2.05, 4.69) is 15.4 Å². The van der Waals surface area contributed by atoms with Crippen LogP contribution in [0.3, 0.4) is 0 Å². The number of benzene rings is 1. The van der Waals surface area contributed by atoms with Crippen molar-refractivity contribution < 1.29 is 14.3 Å². The number of carbonyl (C=O) groups is 2. The zero-order valence-electron chi connectivity index (χ0n) is 18.3. The average Bonchev–Trinajstić information content (AvgIpc) is 3.31. The summed E-state index contributed by atoms with van der Waals surface area (Å²) in [5.74, 6) is 1.08. The van der Waals surface area contributed by atoms with E-state index in [1.807, 2.05) is 36.9 Å². The molecule has 166 valence electrons. The number of fused-ring (bicyclic) bond motifs is 3. The van der Waals surface area contributed by atoms with Crippen LogP contribution < -0.4 is 10.1 Å². The molecule has 0 spiro atoms. The lowest BCUT2D eigenvalue weighted by atomic mass is 9.91. The van der Waals surface area contributed by atoms with Crippen LogP contribution in [0.5, 0.6) is 5.75 Å². The van der Waals surface area contributed by atoms with Gasteiger partial charge in [0.05, 0.1) is 6.20 Å². The first-order chi connectivity index (χ1) is 15.5. The number of hydrogen-bond acceptors (Lipinski definition) is 5. The van der Waals surface area contributed by atoms with Gasteiger partial charge in [-0.05, 0) is 61.8 Å². The Labute approximate surface area is 186 Å². The van der Waals surface area contributed by atoms with E-state index < -0.39 is 0 Å². The van der Waals surface area contributed by atoms with Gasteiger partial charge >= 0.3 is 0 Å². The maximum Gasteiger partial charge on any atom is 0.259 e. The second kappa shape index (κ2) is 8.26. The first-order valence-electron chi connectivity index (χ1n) is 11.1. The van der Waals surface area contributed by atoms with Gasteiger partial charge in [0.2, 0.25) is 0 Å². The predicted octanol–water partition coefficient (Wildman–Crippen LogP) is 2.39. The highest BCUT2D eigenvalue weighted by atomic mass is 16.5. The van der Waals surface area contributed by atoms with E-state index in [0.29, 0.717) is 24.3 Å². The van der Waals surface area contributed by atoms with Crippen molar-refractivity contribution in [3.63, 3.8) is 0 Å². The van der Waals surface area contributed by atoms with Crippen molar-refractivity contribution in [2.24, 2.45) is 11.8 Å². The van der Waals surface area contributed by atoms with Crippen LogP contribution in [0.1, 0.15) is 34.3 Å². The molecule has 32 heavy (non-hydrogen) atoms. The number of amides is 2. The van der Waals surface area contributed by atoms with Gasteiger partial charge in [-0.25, -0.2) is 9.50 Å². The smallest absolute Gasteiger partial charge is 0.259 e. The second-order valence-corrected chi connectivity index (χ2v) is 8.83. The maximum atomic E-state index is 13.2. The largest absolute Gasteiger partial charge is 0.483 e. The van der Waals surface area contributed by atoms with Crippen molar-refractivity contribution >= 4 is 17.5 Å². The summed E-state index contributed by atoms with van der Waals surface area (Å²) in [5.41, 5.74) is 3.28. The average molecular weight is 434 g/mol. The summed E-state index contributed by atoms with van der Waals surface area (Å²) >= 11 is 0. The third-order valence-corrected chi connectivity index (χ3v) is 6.87. The van der Waals surface area contributed by atoms with Gasteiger partial charge in [0.1, 0.15) is 11.3 Å². The highest BCUT2D eigenvalue weighted by Gasteiger charge is 2.44. The number of likely N-dealkylation sites (tertiary alicyclic amines) is 1. The monoisotopic (exact) mass is 433 g/mol. The van der Waals surface area contributed by atoms with Crippen LogP contribution in [0.25, 0.3) is 5.65 Å². The minimum absolute atomic E-state index is 0.00303. The maximum absolute atomic E-state index is 13.2. The quantitative estimate of drug-likeness (QED) is 0.668. The van der Waals surface area contributed by atoms with Gasteiger partial charge in [0, 0.05) is 31.5 Å². The summed E-state index contributed by atoms with van der Waals surface area (Å²) in [5, 5.41) is 7.41. The SMILES string of the molecule is Cc1cccc(OCC(=O)NC2[C@@H]3CC[C@H]2CN(C(=O)c2cnn4cccnc24)C3)c1C. The molecule has 3 atom stereocenters. The van der Waals surface area contributed by atoms with E-state index in [9.17, 15) is 9.59 Å². The van der Waals surface area contributed by atoms with Gasteiger partial charge in [-0.2, -0.15) is 5.10 Å². The summed E-state index contributed by atoms with van der Waals surface area (Å²) in [6, 6.07) is 7.71. The third kappa shape index (κ3) is 3.70. The number of nitrogens with zero attached hydrogens (tertiary/aromatic N) is 4. The van der Waals surface area contributed by atoms with Crippen LogP contribution in [-0.2, 0) is 4.79 Å². The van der Waals surface area contributed by atoms with Crippen LogP contribution in [0, 0.1) is 25.7 Å². The summed E-state index contributed by atoms with van der Waals surface area (Å²) in [7, 11) is 0. The predicted molar refractivity (Wildman–Crippen MR) is 118 cm³/mol. The zero-order valence-corrected chi connectivity index (χ0v) is 18.3. The van der Waals surface area contributed by atoms with Gasteiger partial charge in [-0.3, -0.25) is 9.59 Å². The van der Waals surface area contributed by atoms with Crippen LogP contribution in [0.2, 0.25) is 0 Å². The molecule has 1 saturated carbocycles. The summed E-state index contributed by atoms with van der Waals surface area (Å²) < 4.78 is 7.38. The van der Waals surface area contributed by atoms with Crippen LogP contribution in [-0.4, -0.2) is 57.1 Å². The van der Waals surface area contributed by atoms with E-state index in [-0.39, 0.29) is 36.3 Å². The molecule has 2 bridgehead atoms. The number of hydrogen-bond donors (Lipinski definition) is 1. The minimum atomic E-state index is -0.112. The third-order valence-electron chi connectivity index (χ3n) is 6.87. The number of nitrogens with one attached hydrogen (secondary N) is 1. The molecule has 1 saturated heterocycles. The second-order valence-electron chi connectivity index (χ2n) is 8.83. The number of piperidine rings is 1. The van der Waals surface area contributed by atoms with Crippen molar-refractivity contribution in [3.8, 4) is 5.75 Å². The first kappa shape index (κ1) is 20.5. The number of carbonyl (C=O) groups excluding carboxylic acids is 2. The molecule has 2 aromatic heterocycles. The first-order valence-corrected chi connectivity index (χ1v) is 11.1. The highest BCUT2D eigenvalue weighted by Crippen LogP contribution is 2.37. The molecule has 8 heteroatoms.